The molecule has 100 valence electrons. The van der Waals surface area contributed by atoms with E-state index in [0.29, 0.717) is 5.92 Å². The van der Waals surface area contributed by atoms with Crippen LogP contribution in [0.4, 0.5) is 0 Å². The number of hydrogen-bond donors (Lipinski definition) is 0. The van der Waals surface area contributed by atoms with Crippen molar-refractivity contribution < 1.29 is 4.74 Å². The van der Waals surface area contributed by atoms with Crippen LogP contribution in [0.3, 0.4) is 0 Å². The summed E-state index contributed by atoms with van der Waals surface area (Å²) in [5, 5.41) is 0. The molecule has 0 N–H and O–H groups in total. The van der Waals surface area contributed by atoms with E-state index >= 15 is 0 Å². The average Bonchev–Trinajstić information content (AvgIpc) is 2.35. The van der Waals surface area contributed by atoms with Crippen molar-refractivity contribution in [3.8, 4) is 5.75 Å². The van der Waals surface area contributed by atoms with E-state index in [0.717, 1.165) is 12.4 Å². The Morgan fingerprint density at radius 2 is 2.11 bits per heavy atom. The molecule has 0 saturated carbocycles. The van der Waals surface area contributed by atoms with Gasteiger partial charge in [0.05, 0.1) is 5.54 Å². The van der Waals surface area contributed by atoms with Crippen LogP contribution in [0.2, 0.25) is 0 Å². The maximum atomic E-state index is 5.99. The second-order valence-corrected chi connectivity index (χ2v) is 6.13. The van der Waals surface area contributed by atoms with E-state index in [1.807, 2.05) is 0 Å². The van der Waals surface area contributed by atoms with Gasteiger partial charge in [0.2, 0.25) is 0 Å². The van der Waals surface area contributed by atoms with Crippen LogP contribution in [0.1, 0.15) is 44.2 Å². The van der Waals surface area contributed by atoms with Crippen LogP contribution < -0.4 is 4.74 Å². The van der Waals surface area contributed by atoms with Crippen LogP contribution in [-0.4, -0.2) is 30.6 Å². The van der Waals surface area contributed by atoms with Gasteiger partial charge in [-0.25, -0.2) is 0 Å². The predicted octanol–water partition coefficient (Wildman–Crippen LogP) is 3.59. The van der Waals surface area contributed by atoms with Crippen molar-refractivity contribution in [2.75, 3.05) is 20.2 Å². The first-order valence-corrected chi connectivity index (χ1v) is 6.87. The summed E-state index contributed by atoms with van der Waals surface area (Å²) in [6, 6.07) is 6.45. The van der Waals surface area contributed by atoms with Gasteiger partial charge in [-0.1, -0.05) is 19.9 Å². The molecule has 2 rings (SSSR count). The monoisotopic (exact) mass is 247 g/mol. The summed E-state index contributed by atoms with van der Waals surface area (Å²) >= 11 is 0. The molecule has 0 radical (unpaired) electrons. The van der Waals surface area contributed by atoms with Gasteiger partial charge in [-0.15, -0.1) is 0 Å². The first-order chi connectivity index (χ1) is 8.42. The van der Waals surface area contributed by atoms with E-state index in [2.05, 4.69) is 57.8 Å². The fourth-order valence-corrected chi connectivity index (χ4v) is 2.47. The smallest absolute Gasteiger partial charge is 0.119 e. The van der Waals surface area contributed by atoms with Crippen molar-refractivity contribution in [1.29, 1.82) is 0 Å². The van der Waals surface area contributed by atoms with Crippen LogP contribution in [0.15, 0.2) is 18.2 Å². The molecule has 1 aromatic carbocycles. The SMILES string of the molecule is Cc1ccc(OCC2(C)CCN2C)cc1C(C)C. The standard InChI is InChI=1S/C16H25NO/c1-12(2)15-10-14(7-6-13(15)3)18-11-16(4)8-9-17(16)5/h6-7,10,12H,8-9,11H2,1-5H3. The lowest BCUT2D eigenvalue weighted by Crippen LogP contribution is -2.58. The minimum atomic E-state index is 0.225. The van der Waals surface area contributed by atoms with Crippen molar-refractivity contribution in [3.63, 3.8) is 0 Å². The van der Waals surface area contributed by atoms with E-state index in [9.17, 15) is 0 Å². The van der Waals surface area contributed by atoms with E-state index < -0.39 is 0 Å². The fraction of sp³-hybridized carbons (Fsp3) is 0.625. The highest BCUT2D eigenvalue weighted by Gasteiger charge is 2.38. The average molecular weight is 247 g/mol. The molecule has 2 nitrogen and oxygen atoms in total. The van der Waals surface area contributed by atoms with E-state index in [-0.39, 0.29) is 5.54 Å². The number of aryl methyl sites for hydroxylation is 1. The topological polar surface area (TPSA) is 12.5 Å². The van der Waals surface area contributed by atoms with Gasteiger partial charge in [0.25, 0.3) is 0 Å². The van der Waals surface area contributed by atoms with Gasteiger partial charge in [0, 0.05) is 6.54 Å². The third-order valence-corrected chi connectivity index (χ3v) is 4.33. The second-order valence-electron chi connectivity index (χ2n) is 6.13. The summed E-state index contributed by atoms with van der Waals surface area (Å²) in [6.07, 6.45) is 1.23. The molecule has 1 aliphatic rings. The third kappa shape index (κ3) is 2.54. The van der Waals surface area contributed by atoms with Crippen LogP contribution in [0, 0.1) is 6.92 Å². The molecular weight excluding hydrogens is 222 g/mol. The second kappa shape index (κ2) is 4.93. The molecule has 2 heteroatoms. The quantitative estimate of drug-likeness (QED) is 0.806. The lowest BCUT2D eigenvalue weighted by atomic mass is 9.88. The van der Waals surface area contributed by atoms with Crippen LogP contribution in [0.5, 0.6) is 5.75 Å². The van der Waals surface area contributed by atoms with Gasteiger partial charge in [-0.05, 0) is 56.5 Å². The van der Waals surface area contributed by atoms with Gasteiger partial charge < -0.3 is 4.74 Å². The maximum Gasteiger partial charge on any atom is 0.119 e. The van der Waals surface area contributed by atoms with E-state index in [1.54, 1.807) is 0 Å². The molecule has 1 heterocycles. The zero-order valence-electron chi connectivity index (χ0n) is 12.3. The zero-order valence-corrected chi connectivity index (χ0v) is 12.3. The van der Waals surface area contributed by atoms with E-state index in [1.165, 1.54) is 24.1 Å². The number of hydrogen-bond acceptors (Lipinski definition) is 2. The summed E-state index contributed by atoms with van der Waals surface area (Å²) < 4.78 is 5.99. The van der Waals surface area contributed by atoms with E-state index in [4.69, 9.17) is 4.74 Å². The van der Waals surface area contributed by atoms with Gasteiger partial charge in [0.15, 0.2) is 0 Å². The molecule has 1 saturated heterocycles. The van der Waals surface area contributed by atoms with Crippen molar-refractivity contribution in [1.82, 2.24) is 4.90 Å². The summed E-state index contributed by atoms with van der Waals surface area (Å²) in [4.78, 5) is 2.37. The number of likely N-dealkylation sites (tertiary alicyclic amines) is 1. The molecular formula is C16H25NO. The van der Waals surface area contributed by atoms with Gasteiger partial charge in [-0.3, -0.25) is 4.90 Å². The lowest BCUT2D eigenvalue weighted by molar-refractivity contribution is -0.0109. The van der Waals surface area contributed by atoms with Crippen molar-refractivity contribution in [2.45, 2.75) is 45.6 Å². The molecule has 1 aromatic rings. The first-order valence-electron chi connectivity index (χ1n) is 6.87. The highest BCUT2D eigenvalue weighted by atomic mass is 16.5. The molecule has 0 spiro atoms. The van der Waals surface area contributed by atoms with Crippen LogP contribution in [-0.2, 0) is 0 Å². The Balaban J connectivity index is 2.04. The molecule has 1 fully saturated rings. The Hall–Kier alpha value is -1.02. The summed E-state index contributed by atoms with van der Waals surface area (Å²) in [5.41, 5.74) is 2.96. The molecule has 18 heavy (non-hydrogen) atoms. The van der Waals surface area contributed by atoms with Crippen molar-refractivity contribution in [3.05, 3.63) is 29.3 Å². The van der Waals surface area contributed by atoms with Crippen LogP contribution >= 0.6 is 0 Å². The number of ether oxygens (including phenoxy) is 1. The van der Waals surface area contributed by atoms with Crippen LogP contribution in [0.25, 0.3) is 0 Å². The van der Waals surface area contributed by atoms with Gasteiger partial charge >= 0.3 is 0 Å². The predicted molar refractivity (Wildman–Crippen MR) is 76.4 cm³/mol. The zero-order chi connectivity index (χ0) is 13.3. The van der Waals surface area contributed by atoms with Gasteiger partial charge in [0.1, 0.15) is 12.4 Å². The molecule has 0 bridgehead atoms. The highest BCUT2D eigenvalue weighted by molar-refractivity contribution is 5.36. The molecule has 1 atom stereocenters. The van der Waals surface area contributed by atoms with Gasteiger partial charge in [-0.2, -0.15) is 0 Å². The van der Waals surface area contributed by atoms with Crippen molar-refractivity contribution in [2.24, 2.45) is 0 Å². The summed E-state index contributed by atoms with van der Waals surface area (Å²) in [6.45, 7) is 10.9. The number of likely N-dealkylation sites (N-methyl/N-ethyl adjacent to an activating group) is 1. The van der Waals surface area contributed by atoms with Crippen molar-refractivity contribution >= 4 is 0 Å². The summed E-state index contributed by atoms with van der Waals surface area (Å²) in [5.74, 6) is 1.56. The Morgan fingerprint density at radius 1 is 1.39 bits per heavy atom. The molecule has 0 aliphatic carbocycles. The lowest BCUT2D eigenvalue weighted by Gasteiger charge is -2.48. The minimum Gasteiger partial charge on any atom is -0.492 e. The number of rotatable bonds is 4. The Kier molecular flexibility index (Phi) is 3.67. The largest absolute Gasteiger partial charge is 0.492 e. The first kappa shape index (κ1) is 13.4. The molecule has 1 aliphatic heterocycles. The Labute approximate surface area is 111 Å². The third-order valence-electron chi connectivity index (χ3n) is 4.33. The Bertz CT molecular complexity index is 427. The maximum absolute atomic E-state index is 5.99. The molecule has 1 unspecified atom stereocenters. The number of benzene rings is 1. The normalized spacial score (nSPS) is 24.1. The minimum absolute atomic E-state index is 0.225. The number of nitrogens with zero attached hydrogens (tertiary/aromatic N) is 1. The highest BCUT2D eigenvalue weighted by Crippen LogP contribution is 2.30. The fourth-order valence-electron chi connectivity index (χ4n) is 2.47. The molecule has 0 aromatic heterocycles. The Morgan fingerprint density at radius 3 is 2.61 bits per heavy atom. The molecule has 0 amide bonds. The summed E-state index contributed by atoms with van der Waals surface area (Å²) in [7, 11) is 2.17.